The lowest BCUT2D eigenvalue weighted by molar-refractivity contribution is 0.348. The van der Waals surface area contributed by atoms with Crippen molar-refractivity contribution < 1.29 is 4.52 Å². The van der Waals surface area contributed by atoms with Crippen molar-refractivity contribution in [2.75, 3.05) is 13.1 Å². The number of hydrogen-bond acceptors (Lipinski definition) is 4. The second kappa shape index (κ2) is 8.31. The summed E-state index contributed by atoms with van der Waals surface area (Å²) in [5.41, 5.74) is 0. The van der Waals surface area contributed by atoms with Crippen LogP contribution in [0.2, 0.25) is 0 Å². The second-order valence-corrected chi connectivity index (χ2v) is 5.69. The van der Waals surface area contributed by atoms with E-state index in [2.05, 4.69) is 22.4 Å². The van der Waals surface area contributed by atoms with Gasteiger partial charge in [0, 0.05) is 12.8 Å². The first kappa shape index (κ1) is 14.5. The minimum Gasteiger partial charge on any atom is -0.339 e. The number of aromatic nitrogens is 2. The fraction of sp³-hybridized carbons (Fsp3) is 0.867. The second-order valence-electron chi connectivity index (χ2n) is 5.69. The van der Waals surface area contributed by atoms with Crippen molar-refractivity contribution in [3.05, 3.63) is 11.7 Å². The van der Waals surface area contributed by atoms with Crippen LogP contribution in [0.25, 0.3) is 0 Å². The van der Waals surface area contributed by atoms with Crippen molar-refractivity contribution in [1.82, 2.24) is 15.5 Å². The van der Waals surface area contributed by atoms with Crippen LogP contribution >= 0.6 is 0 Å². The van der Waals surface area contributed by atoms with Gasteiger partial charge in [0.15, 0.2) is 5.82 Å². The van der Waals surface area contributed by atoms with Crippen molar-refractivity contribution in [2.45, 2.75) is 64.7 Å². The zero-order valence-corrected chi connectivity index (χ0v) is 12.2. The summed E-state index contributed by atoms with van der Waals surface area (Å²) in [4.78, 5) is 4.52. The average molecular weight is 265 g/mol. The summed E-state index contributed by atoms with van der Waals surface area (Å²) in [6, 6.07) is 0. The largest absolute Gasteiger partial charge is 0.339 e. The maximum absolute atomic E-state index is 5.33. The maximum atomic E-state index is 5.33. The van der Waals surface area contributed by atoms with E-state index in [0.29, 0.717) is 5.92 Å². The van der Waals surface area contributed by atoms with Gasteiger partial charge in [-0.25, -0.2) is 0 Å². The van der Waals surface area contributed by atoms with E-state index in [-0.39, 0.29) is 0 Å². The van der Waals surface area contributed by atoms with Crippen molar-refractivity contribution in [3.8, 4) is 0 Å². The zero-order chi connectivity index (χ0) is 13.3. The molecule has 1 unspecified atom stereocenters. The van der Waals surface area contributed by atoms with Crippen LogP contribution in [0.3, 0.4) is 0 Å². The van der Waals surface area contributed by atoms with Crippen LogP contribution in [0, 0.1) is 5.92 Å². The van der Waals surface area contributed by atoms with E-state index in [1.165, 1.54) is 44.9 Å². The molecule has 0 saturated carbocycles. The van der Waals surface area contributed by atoms with Gasteiger partial charge in [0.2, 0.25) is 5.89 Å². The molecule has 0 spiro atoms. The summed E-state index contributed by atoms with van der Waals surface area (Å²) >= 11 is 0. The standard InChI is InChI=1S/C15H27N3O/c1-2-3-4-5-6-9-15-17-14(18-19-15)11-13-8-7-10-16-12-13/h13,16H,2-12H2,1H3. The molecule has 1 aliphatic rings. The fourth-order valence-corrected chi connectivity index (χ4v) is 2.71. The number of unbranched alkanes of at least 4 members (excludes halogenated alkanes) is 4. The predicted octanol–water partition coefficient (Wildman–Crippen LogP) is 3.12. The number of rotatable bonds is 8. The topological polar surface area (TPSA) is 51.0 Å². The van der Waals surface area contributed by atoms with E-state index in [1.807, 2.05) is 0 Å². The smallest absolute Gasteiger partial charge is 0.226 e. The van der Waals surface area contributed by atoms with Gasteiger partial charge in [-0.1, -0.05) is 37.8 Å². The summed E-state index contributed by atoms with van der Waals surface area (Å²) in [6.45, 7) is 4.50. The van der Waals surface area contributed by atoms with Crippen molar-refractivity contribution in [1.29, 1.82) is 0 Å². The van der Waals surface area contributed by atoms with Crippen molar-refractivity contribution >= 4 is 0 Å². The van der Waals surface area contributed by atoms with E-state index in [9.17, 15) is 0 Å². The molecule has 1 atom stereocenters. The highest BCUT2D eigenvalue weighted by Gasteiger charge is 2.16. The Labute approximate surface area is 116 Å². The van der Waals surface area contributed by atoms with Crippen LogP contribution in [0.4, 0.5) is 0 Å². The lowest BCUT2D eigenvalue weighted by Gasteiger charge is -2.20. The molecule has 1 aromatic heterocycles. The van der Waals surface area contributed by atoms with Crippen LogP contribution in [-0.4, -0.2) is 23.2 Å². The molecule has 19 heavy (non-hydrogen) atoms. The molecule has 2 rings (SSSR count). The van der Waals surface area contributed by atoms with Crippen LogP contribution in [0.15, 0.2) is 4.52 Å². The summed E-state index contributed by atoms with van der Waals surface area (Å²) in [7, 11) is 0. The first-order valence-electron chi connectivity index (χ1n) is 7.90. The summed E-state index contributed by atoms with van der Waals surface area (Å²) < 4.78 is 5.33. The van der Waals surface area contributed by atoms with E-state index >= 15 is 0 Å². The van der Waals surface area contributed by atoms with Gasteiger partial charge < -0.3 is 9.84 Å². The lowest BCUT2D eigenvalue weighted by atomic mass is 9.96. The van der Waals surface area contributed by atoms with Gasteiger partial charge in [0.25, 0.3) is 0 Å². The first-order valence-corrected chi connectivity index (χ1v) is 7.90. The van der Waals surface area contributed by atoms with Gasteiger partial charge >= 0.3 is 0 Å². The van der Waals surface area contributed by atoms with Gasteiger partial charge in [-0.05, 0) is 38.3 Å². The predicted molar refractivity (Wildman–Crippen MR) is 76.1 cm³/mol. The molecule has 1 saturated heterocycles. The summed E-state index contributed by atoms with van der Waals surface area (Å²) in [6.07, 6.45) is 10.9. The van der Waals surface area contributed by atoms with E-state index < -0.39 is 0 Å². The minimum absolute atomic E-state index is 0.684. The molecule has 2 heterocycles. The van der Waals surface area contributed by atoms with Gasteiger partial charge in [-0.3, -0.25) is 0 Å². The number of aryl methyl sites for hydroxylation is 1. The number of nitrogens with zero attached hydrogens (tertiary/aromatic N) is 2. The molecule has 4 heteroatoms. The monoisotopic (exact) mass is 265 g/mol. The Kier molecular flexibility index (Phi) is 6.34. The molecule has 1 aromatic rings. The number of piperidine rings is 1. The first-order chi connectivity index (χ1) is 9.38. The zero-order valence-electron chi connectivity index (χ0n) is 12.2. The minimum atomic E-state index is 0.684. The van der Waals surface area contributed by atoms with Crippen LogP contribution in [0.1, 0.15) is 63.6 Å². The number of nitrogens with one attached hydrogen (secondary N) is 1. The molecule has 0 aliphatic carbocycles. The van der Waals surface area contributed by atoms with E-state index in [4.69, 9.17) is 4.52 Å². The third kappa shape index (κ3) is 5.31. The van der Waals surface area contributed by atoms with Crippen LogP contribution in [-0.2, 0) is 12.8 Å². The molecule has 1 N–H and O–H groups in total. The van der Waals surface area contributed by atoms with Gasteiger partial charge in [0.05, 0.1) is 0 Å². The maximum Gasteiger partial charge on any atom is 0.226 e. The lowest BCUT2D eigenvalue weighted by Crippen LogP contribution is -2.31. The van der Waals surface area contributed by atoms with E-state index in [1.54, 1.807) is 0 Å². The number of hydrogen-bond donors (Lipinski definition) is 1. The Morgan fingerprint density at radius 3 is 2.95 bits per heavy atom. The van der Waals surface area contributed by atoms with Gasteiger partial charge in [-0.15, -0.1) is 0 Å². The molecular formula is C15H27N3O. The Bertz CT molecular complexity index is 345. The molecule has 108 valence electrons. The summed E-state index contributed by atoms with van der Waals surface area (Å²) in [5.74, 6) is 2.41. The molecule has 0 radical (unpaired) electrons. The highest BCUT2D eigenvalue weighted by molar-refractivity contribution is 4.89. The molecule has 4 nitrogen and oxygen atoms in total. The average Bonchev–Trinajstić information content (AvgIpc) is 2.87. The molecule has 0 bridgehead atoms. The van der Waals surface area contributed by atoms with Crippen molar-refractivity contribution in [2.24, 2.45) is 5.92 Å². The highest BCUT2D eigenvalue weighted by Crippen LogP contribution is 2.15. The summed E-state index contributed by atoms with van der Waals surface area (Å²) in [5, 5.41) is 7.54. The molecule has 0 aromatic carbocycles. The molecular weight excluding hydrogens is 238 g/mol. The van der Waals surface area contributed by atoms with Crippen LogP contribution in [0.5, 0.6) is 0 Å². The normalized spacial score (nSPS) is 19.7. The van der Waals surface area contributed by atoms with E-state index in [0.717, 1.165) is 37.6 Å². The highest BCUT2D eigenvalue weighted by atomic mass is 16.5. The quantitative estimate of drug-likeness (QED) is 0.734. The third-order valence-corrected chi connectivity index (χ3v) is 3.87. The van der Waals surface area contributed by atoms with Crippen molar-refractivity contribution in [3.63, 3.8) is 0 Å². The Balaban J connectivity index is 1.66. The van der Waals surface area contributed by atoms with Gasteiger partial charge in [0.1, 0.15) is 0 Å². The molecule has 1 aliphatic heterocycles. The van der Waals surface area contributed by atoms with Crippen LogP contribution < -0.4 is 5.32 Å². The Morgan fingerprint density at radius 2 is 2.16 bits per heavy atom. The molecule has 1 fully saturated rings. The SMILES string of the molecule is CCCCCCCc1nc(CC2CCCNC2)no1. The Morgan fingerprint density at radius 1 is 1.26 bits per heavy atom. The molecule has 0 amide bonds. The third-order valence-electron chi connectivity index (χ3n) is 3.87. The Hall–Kier alpha value is -0.900. The fourth-order valence-electron chi connectivity index (χ4n) is 2.71. The van der Waals surface area contributed by atoms with Gasteiger partial charge in [-0.2, -0.15) is 4.98 Å².